The van der Waals surface area contributed by atoms with Crippen LogP contribution in [0.15, 0.2) is 59.5 Å². The van der Waals surface area contributed by atoms with Crippen LogP contribution in [0.25, 0.3) is 0 Å². The summed E-state index contributed by atoms with van der Waals surface area (Å²) in [6, 6.07) is 16.6. The van der Waals surface area contributed by atoms with Crippen LogP contribution < -0.4 is 5.32 Å². The fourth-order valence-electron chi connectivity index (χ4n) is 2.27. The summed E-state index contributed by atoms with van der Waals surface area (Å²) in [7, 11) is -3.41. The molecule has 0 bridgehead atoms. The van der Waals surface area contributed by atoms with Gasteiger partial charge in [0.15, 0.2) is 0 Å². The van der Waals surface area contributed by atoms with Crippen molar-refractivity contribution in [2.75, 3.05) is 25.0 Å². The van der Waals surface area contributed by atoms with Crippen LogP contribution in [0.1, 0.15) is 19.4 Å². The minimum Gasteiger partial charge on any atom is -0.374 e. The molecular weight excluding hydrogens is 320 g/mol. The third-order valence-corrected chi connectivity index (χ3v) is 5.65. The fourth-order valence-corrected chi connectivity index (χ4v) is 3.73. The van der Waals surface area contributed by atoms with Gasteiger partial charge in [-0.25, -0.2) is 8.42 Å². The predicted octanol–water partition coefficient (Wildman–Crippen LogP) is 3.18. The van der Waals surface area contributed by atoms with E-state index in [0.29, 0.717) is 24.5 Å². The molecule has 126 valence electrons. The Hall–Kier alpha value is -2.29. The first-order valence-electron chi connectivity index (χ1n) is 7.96. The minimum absolute atomic E-state index is 0.305. The van der Waals surface area contributed by atoms with Crippen molar-refractivity contribution in [2.45, 2.75) is 18.7 Å². The van der Waals surface area contributed by atoms with E-state index in [0.717, 1.165) is 11.3 Å². The van der Waals surface area contributed by atoms with Crippen molar-refractivity contribution in [2.24, 2.45) is 0 Å². The van der Waals surface area contributed by atoms with Crippen molar-refractivity contribution in [1.82, 2.24) is 4.31 Å². The highest BCUT2D eigenvalue weighted by Crippen LogP contribution is 2.15. The summed E-state index contributed by atoms with van der Waals surface area (Å²) < 4.78 is 26.2. The molecule has 2 aromatic rings. The van der Waals surface area contributed by atoms with E-state index in [-0.39, 0.29) is 0 Å². The molecular formula is C19H22N2O2S. The van der Waals surface area contributed by atoms with Gasteiger partial charge in [-0.15, -0.1) is 0 Å². The number of benzene rings is 2. The molecule has 0 fully saturated rings. The van der Waals surface area contributed by atoms with E-state index in [1.54, 1.807) is 24.3 Å². The number of nitrogens with one attached hydrogen (secondary N) is 1. The maximum absolute atomic E-state index is 12.4. The highest BCUT2D eigenvalue weighted by atomic mass is 32.2. The van der Waals surface area contributed by atoms with Gasteiger partial charge in [0, 0.05) is 24.3 Å². The largest absolute Gasteiger partial charge is 0.374 e. The van der Waals surface area contributed by atoms with Gasteiger partial charge >= 0.3 is 0 Å². The number of rotatable bonds is 6. The molecule has 0 aliphatic heterocycles. The molecule has 24 heavy (non-hydrogen) atoms. The van der Waals surface area contributed by atoms with Gasteiger partial charge in [0.2, 0.25) is 10.0 Å². The van der Waals surface area contributed by atoms with Gasteiger partial charge in [-0.1, -0.05) is 43.9 Å². The second kappa shape index (κ2) is 8.53. The fraction of sp³-hybridized carbons (Fsp3) is 0.263. The second-order valence-electron chi connectivity index (χ2n) is 5.14. The van der Waals surface area contributed by atoms with Gasteiger partial charge in [0.1, 0.15) is 0 Å². The maximum Gasteiger partial charge on any atom is 0.243 e. The van der Waals surface area contributed by atoms with Crippen LogP contribution in [0.3, 0.4) is 0 Å². The molecule has 2 rings (SSSR count). The molecule has 0 aliphatic carbocycles. The molecule has 0 spiro atoms. The van der Waals surface area contributed by atoms with Crippen LogP contribution in [0.4, 0.5) is 5.69 Å². The summed E-state index contributed by atoms with van der Waals surface area (Å²) in [5, 5.41) is 3.20. The van der Waals surface area contributed by atoms with E-state index >= 15 is 0 Å². The molecule has 0 aliphatic rings. The topological polar surface area (TPSA) is 49.4 Å². The number of anilines is 1. The van der Waals surface area contributed by atoms with Gasteiger partial charge in [0.25, 0.3) is 0 Å². The normalized spacial score (nSPS) is 11.0. The van der Waals surface area contributed by atoms with Gasteiger partial charge in [-0.3, -0.25) is 0 Å². The van der Waals surface area contributed by atoms with Crippen molar-refractivity contribution in [3.05, 3.63) is 60.2 Å². The Labute approximate surface area is 144 Å². The Morgan fingerprint density at radius 2 is 1.58 bits per heavy atom. The summed E-state index contributed by atoms with van der Waals surface area (Å²) in [5.74, 6) is 6.06. The lowest BCUT2D eigenvalue weighted by Crippen LogP contribution is -2.30. The Bertz CT molecular complexity index is 800. The number of sulfonamides is 1. The summed E-state index contributed by atoms with van der Waals surface area (Å²) >= 11 is 0. The molecule has 0 radical (unpaired) electrons. The molecule has 0 heterocycles. The number of hydrogen-bond acceptors (Lipinski definition) is 3. The van der Waals surface area contributed by atoms with Crippen LogP contribution in [-0.2, 0) is 10.0 Å². The average molecular weight is 342 g/mol. The smallest absolute Gasteiger partial charge is 0.243 e. The lowest BCUT2D eigenvalue weighted by molar-refractivity contribution is 0.445. The van der Waals surface area contributed by atoms with Crippen LogP contribution in [0.5, 0.6) is 0 Å². The zero-order valence-electron chi connectivity index (χ0n) is 14.0. The lowest BCUT2D eigenvalue weighted by Gasteiger charge is -2.18. The summed E-state index contributed by atoms with van der Waals surface area (Å²) in [4.78, 5) is 0.305. The highest BCUT2D eigenvalue weighted by Gasteiger charge is 2.20. The van der Waals surface area contributed by atoms with Gasteiger partial charge < -0.3 is 5.32 Å². The lowest BCUT2D eigenvalue weighted by atomic mass is 10.2. The predicted molar refractivity (Wildman–Crippen MR) is 98.4 cm³/mol. The molecule has 0 saturated carbocycles. The van der Waals surface area contributed by atoms with E-state index in [9.17, 15) is 8.42 Å². The third kappa shape index (κ3) is 4.60. The second-order valence-corrected chi connectivity index (χ2v) is 7.07. The van der Waals surface area contributed by atoms with E-state index < -0.39 is 10.0 Å². The molecule has 1 N–H and O–H groups in total. The quantitative estimate of drug-likeness (QED) is 0.820. The van der Waals surface area contributed by atoms with Crippen molar-refractivity contribution in [3.8, 4) is 11.8 Å². The number of nitrogens with zero attached hydrogens (tertiary/aromatic N) is 1. The molecule has 0 unspecified atom stereocenters. The van der Waals surface area contributed by atoms with E-state index in [1.807, 2.05) is 44.2 Å². The van der Waals surface area contributed by atoms with Crippen LogP contribution >= 0.6 is 0 Å². The van der Waals surface area contributed by atoms with E-state index in [4.69, 9.17) is 0 Å². The monoisotopic (exact) mass is 342 g/mol. The van der Waals surface area contributed by atoms with Crippen LogP contribution in [-0.4, -0.2) is 32.4 Å². The third-order valence-electron chi connectivity index (χ3n) is 3.58. The molecule has 2 aromatic carbocycles. The molecule has 4 nitrogen and oxygen atoms in total. The number of hydrogen-bond donors (Lipinski definition) is 1. The standard InChI is InChI=1S/C19H22N2O2S/c1-3-21(4-2)24(22,23)19-14-12-17(13-15-19)9-8-16-20-18-10-6-5-7-11-18/h5-7,10-15,20H,3-4,16H2,1-2H3. The van der Waals surface area contributed by atoms with Crippen molar-refractivity contribution in [3.63, 3.8) is 0 Å². The van der Waals surface area contributed by atoms with Gasteiger partial charge in [-0.05, 0) is 36.4 Å². The van der Waals surface area contributed by atoms with Crippen LogP contribution in [0, 0.1) is 11.8 Å². The Kier molecular flexibility index (Phi) is 6.42. The molecule has 0 atom stereocenters. The molecule has 5 heteroatoms. The molecule has 0 aromatic heterocycles. The summed E-state index contributed by atoms with van der Waals surface area (Å²) in [6.07, 6.45) is 0. The van der Waals surface area contributed by atoms with Crippen LogP contribution in [0.2, 0.25) is 0 Å². The van der Waals surface area contributed by atoms with Crippen molar-refractivity contribution in [1.29, 1.82) is 0 Å². The summed E-state index contributed by atoms with van der Waals surface area (Å²) in [5.41, 5.74) is 1.82. The van der Waals surface area contributed by atoms with Crippen molar-refractivity contribution >= 4 is 15.7 Å². The zero-order chi connectivity index (χ0) is 17.4. The average Bonchev–Trinajstić information content (AvgIpc) is 2.61. The summed E-state index contributed by atoms with van der Waals surface area (Å²) in [6.45, 7) is 5.13. The van der Waals surface area contributed by atoms with Gasteiger partial charge in [0.05, 0.1) is 11.4 Å². The minimum atomic E-state index is -3.41. The first-order chi connectivity index (χ1) is 11.6. The van der Waals surface area contributed by atoms with Gasteiger partial charge in [-0.2, -0.15) is 4.31 Å². The Balaban J connectivity index is 2.01. The highest BCUT2D eigenvalue weighted by molar-refractivity contribution is 7.89. The maximum atomic E-state index is 12.4. The Morgan fingerprint density at radius 1 is 0.958 bits per heavy atom. The first kappa shape index (κ1) is 18.1. The molecule has 0 saturated heterocycles. The zero-order valence-corrected chi connectivity index (χ0v) is 14.8. The van der Waals surface area contributed by atoms with Crippen molar-refractivity contribution < 1.29 is 8.42 Å². The SMILES string of the molecule is CCN(CC)S(=O)(=O)c1ccc(C#CCNc2ccccc2)cc1. The van der Waals surface area contributed by atoms with E-state index in [1.165, 1.54) is 4.31 Å². The number of para-hydroxylation sites is 1. The molecule has 0 amide bonds. The Morgan fingerprint density at radius 3 is 2.17 bits per heavy atom. The first-order valence-corrected chi connectivity index (χ1v) is 9.40. The van der Waals surface area contributed by atoms with E-state index in [2.05, 4.69) is 17.2 Å².